The van der Waals surface area contributed by atoms with Crippen molar-refractivity contribution in [2.24, 2.45) is 5.92 Å². The molecule has 3 rings (SSSR count). The van der Waals surface area contributed by atoms with Crippen molar-refractivity contribution in [3.05, 3.63) is 54.1 Å². The molecule has 1 N–H and O–H groups in total. The summed E-state index contributed by atoms with van der Waals surface area (Å²) in [5, 5.41) is 9.37. The lowest BCUT2D eigenvalue weighted by Gasteiger charge is -2.33. The summed E-state index contributed by atoms with van der Waals surface area (Å²) in [4.78, 5) is 2.33. The molecule has 1 saturated heterocycles. The summed E-state index contributed by atoms with van der Waals surface area (Å²) in [7, 11) is 0. The van der Waals surface area contributed by atoms with E-state index < -0.39 is 11.7 Å². The minimum Gasteiger partial charge on any atom is -0.508 e. The smallest absolute Gasteiger partial charge is 0.416 e. The van der Waals surface area contributed by atoms with Crippen LogP contribution >= 0.6 is 0 Å². The molecule has 3 nitrogen and oxygen atoms in total. The summed E-state index contributed by atoms with van der Waals surface area (Å²) in [5.74, 6) is 1.40. The van der Waals surface area contributed by atoms with Gasteiger partial charge in [-0.1, -0.05) is 0 Å². The average Bonchev–Trinajstić information content (AvgIpc) is 2.66. The summed E-state index contributed by atoms with van der Waals surface area (Å²) in [6.07, 6.45) is -0.134. The number of hydrogen-bond donors (Lipinski definition) is 1. The van der Waals surface area contributed by atoms with Crippen molar-refractivity contribution < 1.29 is 23.0 Å². The number of nitrogens with zero attached hydrogens (tertiary/aromatic N) is 1. The predicted octanol–water partition coefficient (Wildman–Crippen LogP) is 5.49. The Labute approximate surface area is 157 Å². The number of alkyl halides is 3. The van der Waals surface area contributed by atoms with E-state index in [0.29, 0.717) is 18.3 Å². The number of anilines is 1. The molecule has 0 unspecified atom stereocenters. The van der Waals surface area contributed by atoms with E-state index in [1.165, 1.54) is 12.1 Å². The number of halogens is 3. The number of piperidine rings is 1. The maximum atomic E-state index is 12.5. The van der Waals surface area contributed by atoms with Gasteiger partial charge < -0.3 is 14.7 Å². The van der Waals surface area contributed by atoms with Gasteiger partial charge in [0.2, 0.25) is 0 Å². The molecule has 0 saturated carbocycles. The number of ether oxygens (including phenoxy) is 1. The quantitative estimate of drug-likeness (QED) is 0.674. The highest BCUT2D eigenvalue weighted by atomic mass is 19.4. The molecular formula is C21H24F3NO2. The summed E-state index contributed by atoms with van der Waals surface area (Å²) < 4.78 is 43.2. The van der Waals surface area contributed by atoms with Crippen LogP contribution in [-0.2, 0) is 6.18 Å². The molecule has 1 fully saturated rings. The maximum Gasteiger partial charge on any atom is 0.416 e. The molecule has 0 amide bonds. The Morgan fingerprint density at radius 1 is 0.963 bits per heavy atom. The lowest BCUT2D eigenvalue weighted by atomic mass is 9.92. The van der Waals surface area contributed by atoms with Gasteiger partial charge in [-0.2, -0.15) is 13.2 Å². The summed E-state index contributed by atoms with van der Waals surface area (Å²) in [6.45, 7) is 2.51. The third-order valence-electron chi connectivity index (χ3n) is 5.04. The third kappa shape index (κ3) is 5.55. The van der Waals surface area contributed by atoms with Crippen LogP contribution in [0.15, 0.2) is 48.5 Å². The van der Waals surface area contributed by atoms with E-state index >= 15 is 0 Å². The van der Waals surface area contributed by atoms with Gasteiger partial charge in [-0.05, 0) is 80.1 Å². The van der Waals surface area contributed by atoms with Crippen LogP contribution in [0.2, 0.25) is 0 Å². The van der Waals surface area contributed by atoms with Crippen molar-refractivity contribution in [3.8, 4) is 11.5 Å². The van der Waals surface area contributed by atoms with Crippen LogP contribution in [0.5, 0.6) is 11.5 Å². The van der Waals surface area contributed by atoms with Crippen LogP contribution in [0.3, 0.4) is 0 Å². The van der Waals surface area contributed by atoms with E-state index in [4.69, 9.17) is 4.74 Å². The molecule has 2 aromatic rings. The third-order valence-corrected chi connectivity index (χ3v) is 5.04. The van der Waals surface area contributed by atoms with Crippen molar-refractivity contribution in [3.63, 3.8) is 0 Å². The molecule has 1 aliphatic heterocycles. The zero-order valence-electron chi connectivity index (χ0n) is 15.1. The molecule has 6 heteroatoms. The maximum absolute atomic E-state index is 12.5. The Bertz CT molecular complexity index is 706. The topological polar surface area (TPSA) is 32.7 Å². The molecule has 0 atom stereocenters. The number of hydrogen-bond acceptors (Lipinski definition) is 3. The number of phenolic OH excluding ortho intramolecular Hbond substituents is 1. The predicted molar refractivity (Wildman–Crippen MR) is 99.2 cm³/mol. The summed E-state index contributed by atoms with van der Waals surface area (Å²) in [5.41, 5.74) is 0.479. The van der Waals surface area contributed by atoms with Gasteiger partial charge in [-0.3, -0.25) is 0 Å². The SMILES string of the molecule is Oc1ccc(N2CCC(CCCOc3ccc(C(F)(F)F)cc3)CC2)cc1. The Hall–Kier alpha value is -2.37. The van der Waals surface area contributed by atoms with Crippen molar-refractivity contribution >= 4 is 5.69 Å². The molecule has 2 aromatic carbocycles. The van der Waals surface area contributed by atoms with E-state index in [0.717, 1.165) is 56.6 Å². The van der Waals surface area contributed by atoms with Crippen LogP contribution in [0.25, 0.3) is 0 Å². The van der Waals surface area contributed by atoms with Crippen molar-refractivity contribution in [2.45, 2.75) is 31.9 Å². The second kappa shape index (κ2) is 8.55. The van der Waals surface area contributed by atoms with Gasteiger partial charge in [0.15, 0.2) is 0 Å². The van der Waals surface area contributed by atoms with Crippen LogP contribution in [0, 0.1) is 5.92 Å². The Morgan fingerprint density at radius 2 is 1.59 bits per heavy atom. The van der Waals surface area contributed by atoms with Gasteiger partial charge in [0.25, 0.3) is 0 Å². The van der Waals surface area contributed by atoms with Gasteiger partial charge in [0.05, 0.1) is 12.2 Å². The molecule has 0 aliphatic carbocycles. The lowest BCUT2D eigenvalue weighted by molar-refractivity contribution is -0.137. The molecule has 0 aromatic heterocycles. The first-order valence-electron chi connectivity index (χ1n) is 9.26. The minimum absolute atomic E-state index is 0.279. The highest BCUT2D eigenvalue weighted by molar-refractivity contribution is 5.49. The summed E-state index contributed by atoms with van der Waals surface area (Å²) in [6, 6.07) is 12.1. The van der Waals surface area contributed by atoms with Crippen LogP contribution in [-0.4, -0.2) is 24.8 Å². The van der Waals surface area contributed by atoms with Crippen molar-refractivity contribution in [1.82, 2.24) is 0 Å². The fourth-order valence-corrected chi connectivity index (χ4v) is 3.45. The molecule has 0 spiro atoms. The molecule has 146 valence electrons. The van der Waals surface area contributed by atoms with Gasteiger partial charge in [0, 0.05) is 18.8 Å². The van der Waals surface area contributed by atoms with Crippen molar-refractivity contribution in [2.75, 3.05) is 24.6 Å². The largest absolute Gasteiger partial charge is 0.508 e. The Balaban J connectivity index is 1.35. The van der Waals surface area contributed by atoms with Crippen molar-refractivity contribution in [1.29, 1.82) is 0 Å². The second-order valence-corrected chi connectivity index (χ2v) is 6.96. The highest BCUT2D eigenvalue weighted by Gasteiger charge is 2.30. The molecule has 1 aliphatic rings. The summed E-state index contributed by atoms with van der Waals surface area (Å²) >= 11 is 0. The van der Waals surface area contributed by atoms with E-state index in [-0.39, 0.29) is 5.75 Å². The zero-order chi connectivity index (χ0) is 19.3. The molecular weight excluding hydrogens is 355 g/mol. The fraction of sp³-hybridized carbons (Fsp3) is 0.429. The number of benzene rings is 2. The zero-order valence-corrected chi connectivity index (χ0v) is 15.1. The highest BCUT2D eigenvalue weighted by Crippen LogP contribution is 2.30. The van der Waals surface area contributed by atoms with Crippen LogP contribution < -0.4 is 9.64 Å². The molecule has 1 heterocycles. The normalized spacial score (nSPS) is 15.7. The lowest BCUT2D eigenvalue weighted by Crippen LogP contribution is -2.33. The van der Waals surface area contributed by atoms with Gasteiger partial charge in [0.1, 0.15) is 11.5 Å². The van der Waals surface area contributed by atoms with Gasteiger partial charge >= 0.3 is 6.18 Å². The minimum atomic E-state index is -4.31. The molecule has 0 bridgehead atoms. The number of phenols is 1. The standard InChI is InChI=1S/C21H24F3NO2/c22-21(23,24)17-3-9-20(10-4-17)27-15-1-2-16-11-13-25(14-12-16)18-5-7-19(26)8-6-18/h3-10,16,26H,1-2,11-15H2. The van der Waals surface area contributed by atoms with Gasteiger partial charge in [-0.25, -0.2) is 0 Å². The fourth-order valence-electron chi connectivity index (χ4n) is 3.45. The molecule has 0 radical (unpaired) electrons. The first kappa shape index (κ1) is 19.4. The first-order valence-corrected chi connectivity index (χ1v) is 9.26. The van der Waals surface area contributed by atoms with E-state index in [1.807, 2.05) is 12.1 Å². The average molecular weight is 379 g/mol. The Kier molecular flexibility index (Phi) is 6.14. The van der Waals surface area contributed by atoms with Crippen LogP contribution in [0.4, 0.5) is 18.9 Å². The van der Waals surface area contributed by atoms with Crippen LogP contribution in [0.1, 0.15) is 31.2 Å². The number of aromatic hydroxyl groups is 1. The van der Waals surface area contributed by atoms with E-state index in [1.54, 1.807) is 12.1 Å². The first-order chi connectivity index (χ1) is 12.9. The number of rotatable bonds is 6. The van der Waals surface area contributed by atoms with E-state index in [2.05, 4.69) is 4.90 Å². The molecule has 27 heavy (non-hydrogen) atoms. The van der Waals surface area contributed by atoms with E-state index in [9.17, 15) is 18.3 Å². The second-order valence-electron chi connectivity index (χ2n) is 6.96. The van der Waals surface area contributed by atoms with Gasteiger partial charge in [-0.15, -0.1) is 0 Å². The Morgan fingerprint density at radius 3 is 2.19 bits per heavy atom. The monoisotopic (exact) mass is 379 g/mol.